The third-order valence-corrected chi connectivity index (χ3v) is 4.27. The minimum Gasteiger partial charge on any atom is -0.406 e. The summed E-state index contributed by atoms with van der Waals surface area (Å²) in [5.41, 5.74) is 0.839. The Bertz CT molecular complexity index is 820. The van der Waals surface area contributed by atoms with Crippen LogP contribution < -0.4 is 15.0 Å². The van der Waals surface area contributed by atoms with Crippen LogP contribution in [0.3, 0.4) is 0 Å². The monoisotopic (exact) mass is 380 g/mol. The van der Waals surface area contributed by atoms with Crippen molar-refractivity contribution in [3.05, 3.63) is 54.1 Å². The normalized spacial score (nSPS) is 19.8. The number of halogens is 3. The van der Waals surface area contributed by atoms with Gasteiger partial charge in [0.05, 0.1) is 5.60 Å². The van der Waals surface area contributed by atoms with Gasteiger partial charge in [0, 0.05) is 30.0 Å². The van der Waals surface area contributed by atoms with Crippen LogP contribution in [0, 0.1) is 0 Å². The van der Waals surface area contributed by atoms with E-state index in [1.165, 1.54) is 12.1 Å². The predicted molar refractivity (Wildman–Crippen MR) is 95.0 cm³/mol. The molecule has 0 radical (unpaired) electrons. The Morgan fingerprint density at radius 2 is 1.93 bits per heavy atom. The molecule has 1 fully saturated rings. The Morgan fingerprint density at radius 1 is 1.22 bits per heavy atom. The number of nitrogens with zero attached hydrogens (tertiary/aromatic N) is 1. The first kappa shape index (κ1) is 19.0. The van der Waals surface area contributed by atoms with Crippen molar-refractivity contribution in [2.75, 3.05) is 23.3 Å². The van der Waals surface area contributed by atoms with Crippen LogP contribution in [0.2, 0.25) is 0 Å². The molecule has 0 bridgehead atoms. The Morgan fingerprint density at radius 3 is 2.52 bits per heavy atom. The van der Waals surface area contributed by atoms with Crippen molar-refractivity contribution in [2.24, 2.45) is 0 Å². The van der Waals surface area contributed by atoms with E-state index < -0.39 is 12.0 Å². The lowest BCUT2D eigenvalue weighted by Gasteiger charge is -2.21. The van der Waals surface area contributed by atoms with Crippen LogP contribution in [0.4, 0.5) is 24.5 Å². The number of ether oxygens (including phenoxy) is 1. The second kappa shape index (κ2) is 7.11. The molecule has 5 nitrogen and oxygen atoms in total. The Labute approximate surface area is 154 Å². The predicted octanol–water partition coefficient (Wildman–Crippen LogP) is 3.80. The molecule has 1 aliphatic rings. The average molecular weight is 380 g/mol. The number of carbonyl (C=O) groups excluding carboxylic acids is 1. The van der Waals surface area contributed by atoms with E-state index in [-0.39, 0.29) is 11.7 Å². The first-order valence-electron chi connectivity index (χ1n) is 8.36. The number of anilines is 2. The lowest BCUT2D eigenvalue weighted by Crippen LogP contribution is -2.29. The average Bonchev–Trinajstić information content (AvgIpc) is 2.95. The van der Waals surface area contributed by atoms with Crippen LogP contribution in [-0.4, -0.2) is 36.1 Å². The molecule has 0 spiro atoms. The summed E-state index contributed by atoms with van der Waals surface area (Å²) in [6.07, 6.45) is -4.11. The maximum atomic E-state index is 12.4. The van der Waals surface area contributed by atoms with Crippen LogP contribution in [0.25, 0.3) is 0 Å². The SMILES string of the molecule is CC1(O)CCN(c2cccc(C(=O)Nc3ccc(OC(F)(F)F)cc3)c2)C1. The van der Waals surface area contributed by atoms with Gasteiger partial charge in [-0.1, -0.05) is 6.07 Å². The molecule has 2 aromatic rings. The minimum absolute atomic E-state index is 0.351. The van der Waals surface area contributed by atoms with E-state index in [0.29, 0.717) is 30.8 Å². The third kappa shape index (κ3) is 5.13. The molecule has 1 aliphatic heterocycles. The van der Waals surface area contributed by atoms with Gasteiger partial charge >= 0.3 is 6.36 Å². The second-order valence-electron chi connectivity index (χ2n) is 6.75. The first-order chi connectivity index (χ1) is 12.6. The highest BCUT2D eigenvalue weighted by Gasteiger charge is 2.32. The van der Waals surface area contributed by atoms with E-state index in [1.807, 2.05) is 11.0 Å². The molecular weight excluding hydrogens is 361 g/mol. The van der Waals surface area contributed by atoms with Crippen molar-refractivity contribution < 1.29 is 27.8 Å². The standard InChI is InChI=1S/C19H19F3N2O3/c1-18(26)9-10-24(12-18)15-4-2-3-13(11-15)17(25)23-14-5-7-16(8-6-14)27-19(20,21)22/h2-8,11,26H,9-10,12H2,1H3,(H,23,25). The molecule has 0 saturated carbocycles. The van der Waals surface area contributed by atoms with Gasteiger partial charge in [-0.05, 0) is 55.8 Å². The fourth-order valence-corrected chi connectivity index (χ4v) is 2.95. The van der Waals surface area contributed by atoms with Crippen molar-refractivity contribution in [3.8, 4) is 5.75 Å². The van der Waals surface area contributed by atoms with Gasteiger partial charge in [-0.2, -0.15) is 0 Å². The fraction of sp³-hybridized carbons (Fsp3) is 0.316. The zero-order valence-corrected chi connectivity index (χ0v) is 14.6. The van der Waals surface area contributed by atoms with Gasteiger partial charge in [-0.25, -0.2) is 0 Å². The molecule has 1 amide bonds. The molecule has 8 heteroatoms. The number of carbonyl (C=O) groups is 1. The maximum absolute atomic E-state index is 12.4. The molecule has 2 aromatic carbocycles. The molecule has 1 saturated heterocycles. The Balaban J connectivity index is 1.67. The van der Waals surface area contributed by atoms with Crippen molar-refractivity contribution in [1.82, 2.24) is 0 Å². The van der Waals surface area contributed by atoms with Crippen molar-refractivity contribution >= 4 is 17.3 Å². The van der Waals surface area contributed by atoms with Crippen LogP contribution >= 0.6 is 0 Å². The summed E-state index contributed by atoms with van der Waals surface area (Å²) in [7, 11) is 0. The fourth-order valence-electron chi connectivity index (χ4n) is 2.95. The third-order valence-electron chi connectivity index (χ3n) is 4.27. The van der Waals surface area contributed by atoms with Crippen molar-refractivity contribution in [3.63, 3.8) is 0 Å². The summed E-state index contributed by atoms with van der Waals surface area (Å²) >= 11 is 0. The summed E-state index contributed by atoms with van der Waals surface area (Å²) in [6.45, 7) is 2.95. The quantitative estimate of drug-likeness (QED) is 0.847. The van der Waals surface area contributed by atoms with Gasteiger partial charge < -0.3 is 20.1 Å². The molecule has 1 atom stereocenters. The van der Waals surface area contributed by atoms with Crippen LogP contribution in [0.1, 0.15) is 23.7 Å². The highest BCUT2D eigenvalue weighted by Crippen LogP contribution is 2.27. The van der Waals surface area contributed by atoms with E-state index in [2.05, 4.69) is 10.1 Å². The molecule has 1 unspecified atom stereocenters. The molecule has 1 heterocycles. The number of aliphatic hydroxyl groups is 1. The smallest absolute Gasteiger partial charge is 0.406 e. The molecule has 0 aromatic heterocycles. The van der Waals surface area contributed by atoms with Crippen LogP contribution in [0.5, 0.6) is 5.75 Å². The summed E-state index contributed by atoms with van der Waals surface area (Å²) in [6, 6.07) is 11.9. The highest BCUT2D eigenvalue weighted by molar-refractivity contribution is 6.04. The largest absolute Gasteiger partial charge is 0.573 e. The van der Waals surface area contributed by atoms with Gasteiger partial charge in [0.1, 0.15) is 5.75 Å². The number of hydrogen-bond donors (Lipinski definition) is 2. The minimum atomic E-state index is -4.76. The number of nitrogens with one attached hydrogen (secondary N) is 1. The molecule has 0 aliphatic carbocycles. The van der Waals surface area contributed by atoms with E-state index in [4.69, 9.17) is 0 Å². The van der Waals surface area contributed by atoms with Crippen molar-refractivity contribution in [1.29, 1.82) is 0 Å². The summed E-state index contributed by atoms with van der Waals surface area (Å²) < 4.78 is 40.3. The van der Waals surface area contributed by atoms with E-state index in [1.54, 1.807) is 25.1 Å². The summed E-state index contributed by atoms with van der Waals surface area (Å²) in [4.78, 5) is 14.4. The number of alkyl halides is 3. The van der Waals surface area contributed by atoms with E-state index >= 15 is 0 Å². The number of hydrogen-bond acceptors (Lipinski definition) is 4. The number of rotatable bonds is 4. The molecular formula is C19H19F3N2O3. The first-order valence-corrected chi connectivity index (χ1v) is 8.36. The van der Waals surface area contributed by atoms with Gasteiger partial charge in [0.2, 0.25) is 0 Å². The number of benzene rings is 2. The lowest BCUT2D eigenvalue weighted by molar-refractivity contribution is -0.274. The van der Waals surface area contributed by atoms with E-state index in [0.717, 1.165) is 17.8 Å². The zero-order valence-electron chi connectivity index (χ0n) is 14.6. The molecule has 3 rings (SSSR count). The lowest BCUT2D eigenvalue weighted by atomic mass is 10.1. The topological polar surface area (TPSA) is 61.8 Å². The molecule has 144 valence electrons. The number of β-amino-alcohol motifs (C(OH)–C–C–N with tert-alkyl or cyclic N) is 1. The molecule has 2 N–H and O–H groups in total. The maximum Gasteiger partial charge on any atom is 0.573 e. The van der Waals surface area contributed by atoms with Crippen LogP contribution in [-0.2, 0) is 0 Å². The highest BCUT2D eigenvalue weighted by atomic mass is 19.4. The van der Waals surface area contributed by atoms with Gasteiger partial charge in [-0.15, -0.1) is 13.2 Å². The van der Waals surface area contributed by atoms with Gasteiger partial charge in [-0.3, -0.25) is 4.79 Å². The zero-order chi connectivity index (χ0) is 19.7. The Hall–Kier alpha value is -2.74. The second-order valence-corrected chi connectivity index (χ2v) is 6.75. The Kier molecular flexibility index (Phi) is 5.01. The van der Waals surface area contributed by atoms with Crippen LogP contribution in [0.15, 0.2) is 48.5 Å². The van der Waals surface area contributed by atoms with E-state index in [9.17, 15) is 23.1 Å². The summed E-state index contributed by atoms with van der Waals surface area (Å²) in [5, 5.41) is 12.7. The van der Waals surface area contributed by atoms with Gasteiger partial charge in [0.25, 0.3) is 5.91 Å². The van der Waals surface area contributed by atoms with Gasteiger partial charge in [0.15, 0.2) is 0 Å². The van der Waals surface area contributed by atoms with Crippen molar-refractivity contribution in [2.45, 2.75) is 25.3 Å². The molecule has 27 heavy (non-hydrogen) atoms. The summed E-state index contributed by atoms with van der Waals surface area (Å²) in [5.74, 6) is -0.740. The number of amides is 1.